The second kappa shape index (κ2) is 10.3. The minimum Gasteiger partial charge on any atom is -0.351 e. The van der Waals surface area contributed by atoms with Gasteiger partial charge in [0, 0.05) is 55.0 Å². The van der Waals surface area contributed by atoms with Gasteiger partial charge in [-0.05, 0) is 54.6 Å². The average molecular weight is 497 g/mol. The molecule has 35 heavy (non-hydrogen) atoms. The van der Waals surface area contributed by atoms with E-state index in [1.807, 2.05) is 0 Å². The van der Waals surface area contributed by atoms with E-state index in [-0.39, 0.29) is 18.5 Å². The zero-order valence-corrected chi connectivity index (χ0v) is 20.0. The van der Waals surface area contributed by atoms with Gasteiger partial charge in [-0.1, -0.05) is 17.7 Å². The first-order valence-corrected chi connectivity index (χ1v) is 11.2. The molecule has 1 aliphatic rings. The molecule has 9 nitrogen and oxygen atoms in total. The molecule has 182 valence electrons. The third-order valence-electron chi connectivity index (χ3n) is 5.93. The number of carbonyl (C=O) groups is 2. The fourth-order valence-electron chi connectivity index (χ4n) is 3.97. The molecule has 4 rings (SSSR count). The number of anilines is 2. The van der Waals surface area contributed by atoms with E-state index in [4.69, 9.17) is 21.1 Å². The van der Waals surface area contributed by atoms with Crippen molar-refractivity contribution in [3.05, 3.63) is 88.3 Å². The average Bonchev–Trinajstić information content (AvgIpc) is 3.27. The lowest BCUT2D eigenvalue weighted by atomic mass is 10.1. The van der Waals surface area contributed by atoms with Crippen LogP contribution in [-0.2, 0) is 14.3 Å². The topological polar surface area (TPSA) is 102 Å². The van der Waals surface area contributed by atoms with E-state index in [0.717, 1.165) is 0 Å². The summed E-state index contributed by atoms with van der Waals surface area (Å²) in [6.07, 6.45) is 1.82. The zero-order chi connectivity index (χ0) is 25.0. The molecule has 0 saturated carbocycles. The van der Waals surface area contributed by atoms with Crippen LogP contribution in [0.1, 0.15) is 6.42 Å². The molecule has 0 aliphatic carbocycles. The highest BCUT2D eigenvalue weighted by molar-refractivity contribution is 6.30. The summed E-state index contributed by atoms with van der Waals surface area (Å²) in [6, 6.07) is 17.1. The lowest BCUT2D eigenvalue weighted by Crippen LogP contribution is -2.45. The van der Waals surface area contributed by atoms with Crippen molar-refractivity contribution in [3.8, 4) is 5.69 Å². The number of halogens is 1. The summed E-state index contributed by atoms with van der Waals surface area (Å²) in [5.74, 6) is -1.51. The number of ether oxygens (including phenoxy) is 2. The smallest absolute Gasteiger partial charge is 0.322 e. The van der Waals surface area contributed by atoms with E-state index >= 15 is 0 Å². The molecule has 1 aromatic heterocycles. The monoisotopic (exact) mass is 496 g/mol. The Morgan fingerprint density at radius 2 is 1.57 bits per heavy atom. The fourth-order valence-corrected chi connectivity index (χ4v) is 4.09. The van der Waals surface area contributed by atoms with E-state index in [2.05, 4.69) is 10.6 Å². The maximum Gasteiger partial charge on any atom is 0.322 e. The van der Waals surface area contributed by atoms with Crippen molar-refractivity contribution in [2.75, 3.05) is 31.4 Å². The summed E-state index contributed by atoms with van der Waals surface area (Å²) in [5, 5.41) is 6.17. The van der Waals surface area contributed by atoms with Crippen molar-refractivity contribution >= 4 is 34.9 Å². The molecule has 0 spiro atoms. The number of methoxy groups -OCH3 is 2. The van der Waals surface area contributed by atoms with Gasteiger partial charge in [0.25, 0.3) is 5.56 Å². The predicted octanol–water partition coefficient (Wildman–Crippen LogP) is 3.72. The number of amides is 3. The van der Waals surface area contributed by atoms with Gasteiger partial charge < -0.3 is 25.0 Å². The first kappa shape index (κ1) is 24.5. The van der Waals surface area contributed by atoms with Crippen LogP contribution in [0.3, 0.4) is 0 Å². The Balaban J connectivity index is 1.51. The fraction of sp³-hybridized carbons (Fsp3) is 0.240. The maximum absolute atomic E-state index is 13.2. The quantitative estimate of drug-likeness (QED) is 0.506. The molecule has 3 amide bonds. The summed E-state index contributed by atoms with van der Waals surface area (Å²) >= 11 is 5.92. The van der Waals surface area contributed by atoms with Crippen molar-refractivity contribution in [2.24, 2.45) is 0 Å². The lowest BCUT2D eigenvalue weighted by Gasteiger charge is -2.26. The SMILES string of the molecule is COC1(OC)CC(C(=O)Nc2ccc(-n3ccccc3=O)cc2)N(C(=O)Nc2ccc(Cl)cc2)C1. The van der Waals surface area contributed by atoms with Gasteiger partial charge in [0.15, 0.2) is 5.79 Å². The normalized spacial score (nSPS) is 16.7. The van der Waals surface area contributed by atoms with Gasteiger partial charge >= 0.3 is 6.03 Å². The molecular weight excluding hydrogens is 472 g/mol. The van der Waals surface area contributed by atoms with Crippen molar-refractivity contribution < 1.29 is 19.1 Å². The minimum absolute atomic E-state index is 0.0629. The molecule has 10 heteroatoms. The van der Waals surface area contributed by atoms with Crippen molar-refractivity contribution in [1.29, 1.82) is 0 Å². The summed E-state index contributed by atoms with van der Waals surface area (Å²) in [4.78, 5) is 39.7. The molecule has 1 atom stereocenters. The molecule has 2 N–H and O–H groups in total. The van der Waals surface area contributed by atoms with Crippen molar-refractivity contribution in [2.45, 2.75) is 18.2 Å². The Morgan fingerprint density at radius 1 is 0.943 bits per heavy atom. The van der Waals surface area contributed by atoms with Crippen LogP contribution >= 0.6 is 11.6 Å². The molecule has 2 heterocycles. The van der Waals surface area contributed by atoms with Gasteiger partial charge in [-0.25, -0.2) is 4.79 Å². The van der Waals surface area contributed by atoms with E-state index in [9.17, 15) is 14.4 Å². The van der Waals surface area contributed by atoms with E-state index in [0.29, 0.717) is 22.1 Å². The Hall–Kier alpha value is -3.66. The Morgan fingerprint density at radius 3 is 2.20 bits per heavy atom. The van der Waals surface area contributed by atoms with Crippen LogP contribution in [0.25, 0.3) is 5.69 Å². The second-order valence-electron chi connectivity index (χ2n) is 8.05. The van der Waals surface area contributed by atoms with Crippen LogP contribution in [0.5, 0.6) is 0 Å². The van der Waals surface area contributed by atoms with E-state index < -0.39 is 23.8 Å². The summed E-state index contributed by atoms with van der Waals surface area (Å²) in [7, 11) is 2.95. The summed E-state index contributed by atoms with van der Waals surface area (Å²) in [5.41, 5.74) is 1.56. The third kappa shape index (κ3) is 5.37. The van der Waals surface area contributed by atoms with Crippen molar-refractivity contribution in [1.82, 2.24) is 9.47 Å². The highest BCUT2D eigenvalue weighted by Crippen LogP contribution is 2.32. The predicted molar refractivity (Wildman–Crippen MR) is 133 cm³/mol. The third-order valence-corrected chi connectivity index (χ3v) is 6.18. The van der Waals surface area contributed by atoms with Crippen LogP contribution < -0.4 is 16.2 Å². The number of nitrogens with zero attached hydrogens (tertiary/aromatic N) is 2. The molecular formula is C25H25ClN4O5. The molecule has 1 fully saturated rings. The van der Waals surface area contributed by atoms with Gasteiger partial charge in [-0.15, -0.1) is 0 Å². The molecule has 0 bridgehead atoms. The number of pyridine rings is 1. The van der Waals surface area contributed by atoms with Gasteiger partial charge in [0.1, 0.15) is 6.04 Å². The highest BCUT2D eigenvalue weighted by atomic mass is 35.5. The van der Waals surface area contributed by atoms with Gasteiger partial charge in [-0.3, -0.25) is 14.2 Å². The number of hydrogen-bond acceptors (Lipinski definition) is 5. The molecule has 2 aromatic carbocycles. The first-order valence-electron chi connectivity index (χ1n) is 10.9. The number of rotatable bonds is 6. The zero-order valence-electron chi connectivity index (χ0n) is 19.2. The van der Waals surface area contributed by atoms with Crippen LogP contribution in [0.4, 0.5) is 16.2 Å². The number of urea groups is 1. The number of benzene rings is 2. The summed E-state index contributed by atoms with van der Waals surface area (Å²) < 4.78 is 12.6. The summed E-state index contributed by atoms with van der Waals surface area (Å²) in [6.45, 7) is 0.0629. The van der Waals surface area contributed by atoms with E-state index in [1.54, 1.807) is 66.9 Å². The standard InChI is InChI=1S/C25H25ClN4O5/c1-34-25(35-2)15-21(30(16-25)24(33)28-19-8-6-17(26)7-9-19)23(32)27-18-10-12-20(13-11-18)29-14-4-3-5-22(29)31/h3-14,21H,15-16H2,1-2H3,(H,27,32)(H,28,33). The highest BCUT2D eigenvalue weighted by Gasteiger charge is 2.50. The van der Waals surface area contributed by atoms with Gasteiger partial charge in [-0.2, -0.15) is 0 Å². The molecule has 1 saturated heterocycles. The minimum atomic E-state index is -1.11. The van der Waals surface area contributed by atoms with E-state index in [1.165, 1.54) is 29.8 Å². The molecule has 1 aliphatic heterocycles. The van der Waals surface area contributed by atoms with Crippen LogP contribution in [0, 0.1) is 0 Å². The van der Waals surface area contributed by atoms with Crippen LogP contribution in [0.15, 0.2) is 77.7 Å². The largest absolute Gasteiger partial charge is 0.351 e. The number of carbonyl (C=O) groups excluding carboxylic acids is 2. The van der Waals surface area contributed by atoms with Crippen molar-refractivity contribution in [3.63, 3.8) is 0 Å². The first-order chi connectivity index (χ1) is 16.8. The number of aromatic nitrogens is 1. The number of hydrogen-bond donors (Lipinski definition) is 2. The molecule has 0 radical (unpaired) electrons. The number of likely N-dealkylation sites (tertiary alicyclic amines) is 1. The number of nitrogens with one attached hydrogen (secondary N) is 2. The Labute approximate surface area is 207 Å². The Kier molecular flexibility index (Phi) is 7.20. The molecule has 3 aromatic rings. The second-order valence-corrected chi connectivity index (χ2v) is 8.49. The maximum atomic E-state index is 13.2. The van der Waals surface area contributed by atoms with Gasteiger partial charge in [0.05, 0.1) is 6.54 Å². The van der Waals surface area contributed by atoms with Crippen LogP contribution in [0.2, 0.25) is 5.02 Å². The van der Waals surface area contributed by atoms with Crippen LogP contribution in [-0.4, -0.2) is 54.0 Å². The van der Waals surface area contributed by atoms with Gasteiger partial charge in [0.2, 0.25) is 5.91 Å². The Bertz CT molecular complexity index is 1260. The lowest BCUT2D eigenvalue weighted by molar-refractivity contribution is -0.194. The molecule has 1 unspecified atom stereocenters.